The van der Waals surface area contributed by atoms with Gasteiger partial charge in [-0.25, -0.2) is 8.42 Å². The van der Waals surface area contributed by atoms with Crippen molar-refractivity contribution in [2.75, 3.05) is 18.1 Å². The molecule has 5 fully saturated rings. The summed E-state index contributed by atoms with van der Waals surface area (Å²) in [5.74, 6) is 3.54. The standard InChI is InChI=1S/C17H27NO3S/c19-16(18-3-1-12-2-4-22(20,21)11-12)17-8-13-5-14(9-17)7-15(6-13)10-17/h12-15H,1-11H2,(H,18,19). The van der Waals surface area contributed by atoms with Gasteiger partial charge in [0.15, 0.2) is 9.84 Å². The van der Waals surface area contributed by atoms with Gasteiger partial charge in [0.2, 0.25) is 5.91 Å². The fraction of sp³-hybridized carbons (Fsp3) is 0.941. The van der Waals surface area contributed by atoms with Crippen LogP contribution in [-0.2, 0) is 14.6 Å². The molecule has 1 amide bonds. The number of sulfone groups is 1. The average Bonchev–Trinajstić information content (AvgIpc) is 2.76. The first-order chi connectivity index (χ1) is 10.4. The SMILES string of the molecule is O=C(NCCC1CCS(=O)(=O)C1)C12CC3CC(CC(C3)C1)C2. The topological polar surface area (TPSA) is 63.2 Å². The maximum Gasteiger partial charge on any atom is 0.226 e. The van der Waals surface area contributed by atoms with Crippen molar-refractivity contribution in [1.82, 2.24) is 5.32 Å². The lowest BCUT2D eigenvalue weighted by molar-refractivity contribution is -0.146. The van der Waals surface area contributed by atoms with E-state index in [4.69, 9.17) is 0 Å². The summed E-state index contributed by atoms with van der Waals surface area (Å²) in [6.45, 7) is 0.654. The molecule has 1 aliphatic heterocycles. The van der Waals surface area contributed by atoms with Gasteiger partial charge in [-0.2, -0.15) is 0 Å². The molecule has 5 aliphatic rings. The molecule has 1 saturated heterocycles. The van der Waals surface area contributed by atoms with Crippen LogP contribution < -0.4 is 5.32 Å². The summed E-state index contributed by atoms with van der Waals surface area (Å²) in [6.07, 6.45) is 8.95. The minimum absolute atomic E-state index is 0.0729. The van der Waals surface area contributed by atoms with Crippen molar-refractivity contribution in [2.45, 2.75) is 51.4 Å². The Balaban J connectivity index is 1.31. The van der Waals surface area contributed by atoms with Crippen LogP contribution in [0.1, 0.15) is 51.4 Å². The lowest BCUT2D eigenvalue weighted by Gasteiger charge is -2.55. The number of rotatable bonds is 4. The second kappa shape index (κ2) is 5.22. The lowest BCUT2D eigenvalue weighted by atomic mass is 9.49. The summed E-state index contributed by atoms with van der Waals surface area (Å²) in [4.78, 5) is 12.8. The molecule has 124 valence electrons. The molecule has 0 aromatic heterocycles. The Kier molecular flexibility index (Phi) is 3.55. The largest absolute Gasteiger partial charge is 0.356 e. The summed E-state index contributed by atoms with van der Waals surface area (Å²) < 4.78 is 23.0. The molecule has 0 aromatic carbocycles. The molecule has 5 heteroatoms. The highest BCUT2D eigenvalue weighted by Crippen LogP contribution is 2.60. The first-order valence-corrected chi connectivity index (χ1v) is 10.7. The van der Waals surface area contributed by atoms with E-state index in [1.54, 1.807) is 0 Å². The molecule has 4 bridgehead atoms. The highest BCUT2D eigenvalue weighted by Gasteiger charge is 2.54. The van der Waals surface area contributed by atoms with Crippen LogP contribution in [-0.4, -0.2) is 32.4 Å². The van der Waals surface area contributed by atoms with E-state index in [2.05, 4.69) is 5.32 Å². The van der Waals surface area contributed by atoms with Crippen molar-refractivity contribution in [3.05, 3.63) is 0 Å². The van der Waals surface area contributed by atoms with Gasteiger partial charge in [0, 0.05) is 12.0 Å². The highest BCUT2D eigenvalue weighted by molar-refractivity contribution is 7.91. The number of amides is 1. The van der Waals surface area contributed by atoms with Crippen LogP contribution in [0.4, 0.5) is 0 Å². The molecule has 5 rings (SSSR count). The van der Waals surface area contributed by atoms with Gasteiger partial charge in [0.05, 0.1) is 11.5 Å². The molecule has 4 saturated carbocycles. The number of carbonyl (C=O) groups excluding carboxylic acids is 1. The normalized spacial score (nSPS) is 45.1. The lowest BCUT2D eigenvalue weighted by Crippen LogP contribution is -2.53. The van der Waals surface area contributed by atoms with Gasteiger partial charge in [-0.15, -0.1) is 0 Å². The predicted molar refractivity (Wildman–Crippen MR) is 85.0 cm³/mol. The Hall–Kier alpha value is -0.580. The van der Waals surface area contributed by atoms with E-state index >= 15 is 0 Å². The third-order valence-corrected chi connectivity index (χ3v) is 8.52. The Bertz CT molecular complexity index is 533. The van der Waals surface area contributed by atoms with E-state index in [0.29, 0.717) is 18.1 Å². The molecule has 1 unspecified atom stereocenters. The second-order valence-corrected chi connectivity index (χ2v) is 10.7. The predicted octanol–water partition coefficient (Wildman–Crippen LogP) is 2.14. The molecule has 0 radical (unpaired) electrons. The van der Waals surface area contributed by atoms with Gasteiger partial charge < -0.3 is 5.32 Å². The Morgan fingerprint density at radius 3 is 2.14 bits per heavy atom. The molecule has 4 aliphatic carbocycles. The number of nitrogens with one attached hydrogen (secondary N) is 1. The third kappa shape index (κ3) is 2.70. The molecule has 1 N–H and O–H groups in total. The zero-order valence-corrected chi connectivity index (χ0v) is 14.0. The Morgan fingerprint density at radius 2 is 1.64 bits per heavy atom. The van der Waals surface area contributed by atoms with Gasteiger partial charge in [0.25, 0.3) is 0 Å². The van der Waals surface area contributed by atoms with Crippen molar-refractivity contribution in [2.24, 2.45) is 29.1 Å². The smallest absolute Gasteiger partial charge is 0.226 e. The molecular weight excluding hydrogens is 298 g/mol. The Morgan fingerprint density at radius 1 is 1.05 bits per heavy atom. The van der Waals surface area contributed by atoms with E-state index < -0.39 is 9.84 Å². The molecule has 4 nitrogen and oxygen atoms in total. The molecule has 22 heavy (non-hydrogen) atoms. The van der Waals surface area contributed by atoms with Crippen LogP contribution in [0, 0.1) is 29.1 Å². The van der Waals surface area contributed by atoms with Crippen molar-refractivity contribution in [1.29, 1.82) is 0 Å². The van der Waals surface area contributed by atoms with Crippen molar-refractivity contribution in [3.8, 4) is 0 Å². The van der Waals surface area contributed by atoms with Gasteiger partial charge in [-0.05, 0) is 75.0 Å². The van der Waals surface area contributed by atoms with Gasteiger partial charge >= 0.3 is 0 Å². The fourth-order valence-corrected chi connectivity index (χ4v) is 7.98. The molecule has 0 aromatic rings. The number of hydrogen-bond acceptors (Lipinski definition) is 3. The van der Waals surface area contributed by atoms with Crippen LogP contribution in [0.25, 0.3) is 0 Å². The minimum Gasteiger partial charge on any atom is -0.356 e. The van der Waals surface area contributed by atoms with E-state index in [1.165, 1.54) is 19.3 Å². The van der Waals surface area contributed by atoms with Crippen LogP contribution in [0.5, 0.6) is 0 Å². The molecular formula is C17H27NO3S. The monoisotopic (exact) mass is 325 g/mol. The quantitative estimate of drug-likeness (QED) is 0.861. The minimum atomic E-state index is -2.80. The molecule has 0 spiro atoms. The van der Waals surface area contributed by atoms with Gasteiger partial charge in [-0.3, -0.25) is 4.79 Å². The van der Waals surface area contributed by atoms with Gasteiger partial charge in [0.1, 0.15) is 0 Å². The van der Waals surface area contributed by atoms with E-state index in [9.17, 15) is 13.2 Å². The third-order valence-electron chi connectivity index (χ3n) is 6.68. The summed E-state index contributed by atoms with van der Waals surface area (Å²) in [6, 6.07) is 0. The van der Waals surface area contributed by atoms with Crippen LogP contribution in [0.15, 0.2) is 0 Å². The highest BCUT2D eigenvalue weighted by atomic mass is 32.2. The average molecular weight is 325 g/mol. The molecule has 1 heterocycles. The van der Waals surface area contributed by atoms with E-state index in [1.807, 2.05) is 0 Å². The summed E-state index contributed by atoms with van der Waals surface area (Å²) in [5, 5.41) is 3.16. The van der Waals surface area contributed by atoms with Crippen LogP contribution in [0.2, 0.25) is 0 Å². The van der Waals surface area contributed by atoms with E-state index in [-0.39, 0.29) is 17.2 Å². The summed E-state index contributed by atoms with van der Waals surface area (Å²) in [7, 11) is -2.80. The number of carbonyl (C=O) groups is 1. The van der Waals surface area contributed by atoms with Crippen LogP contribution >= 0.6 is 0 Å². The van der Waals surface area contributed by atoms with Crippen LogP contribution in [0.3, 0.4) is 0 Å². The maximum absolute atomic E-state index is 12.8. The molecule has 1 atom stereocenters. The first-order valence-electron chi connectivity index (χ1n) is 8.93. The zero-order valence-electron chi connectivity index (χ0n) is 13.2. The maximum atomic E-state index is 12.8. The summed E-state index contributed by atoms with van der Waals surface area (Å²) in [5.41, 5.74) is -0.0729. The van der Waals surface area contributed by atoms with E-state index in [0.717, 1.165) is 49.9 Å². The fourth-order valence-electron chi connectivity index (χ4n) is 6.07. The summed E-state index contributed by atoms with van der Waals surface area (Å²) >= 11 is 0. The zero-order chi connectivity index (χ0) is 15.4. The second-order valence-electron chi connectivity index (χ2n) is 8.51. The Labute approximate surface area is 133 Å². The first kappa shape index (κ1) is 15.0. The number of hydrogen-bond donors (Lipinski definition) is 1. The van der Waals surface area contributed by atoms with Crippen molar-refractivity contribution < 1.29 is 13.2 Å². The van der Waals surface area contributed by atoms with Crippen molar-refractivity contribution in [3.63, 3.8) is 0 Å². The van der Waals surface area contributed by atoms with Gasteiger partial charge in [-0.1, -0.05) is 0 Å². The van der Waals surface area contributed by atoms with Crippen molar-refractivity contribution >= 4 is 15.7 Å².